The second kappa shape index (κ2) is 9.36. The van der Waals surface area contributed by atoms with E-state index in [1.54, 1.807) is 11.8 Å². The van der Waals surface area contributed by atoms with Crippen molar-refractivity contribution in [3.63, 3.8) is 0 Å². The number of rotatable bonds is 7. The summed E-state index contributed by atoms with van der Waals surface area (Å²) in [7, 11) is 0. The van der Waals surface area contributed by atoms with Gasteiger partial charge >= 0.3 is 0 Å². The van der Waals surface area contributed by atoms with Gasteiger partial charge in [-0.1, -0.05) is 23.2 Å². The van der Waals surface area contributed by atoms with Crippen molar-refractivity contribution in [3.05, 3.63) is 58.6 Å². The minimum Gasteiger partial charge on any atom is -0.355 e. The van der Waals surface area contributed by atoms with Gasteiger partial charge in [-0.3, -0.25) is 4.79 Å². The first-order chi connectivity index (χ1) is 10.6. The molecule has 0 saturated carbocycles. The van der Waals surface area contributed by atoms with Crippen LogP contribution in [0.5, 0.6) is 0 Å². The van der Waals surface area contributed by atoms with Crippen LogP contribution in [0.2, 0.25) is 10.0 Å². The first-order valence-corrected chi connectivity index (χ1v) is 9.39. The van der Waals surface area contributed by atoms with Crippen molar-refractivity contribution in [2.75, 3.05) is 18.1 Å². The average Bonchev–Trinajstić information content (AvgIpc) is 2.53. The van der Waals surface area contributed by atoms with Crippen LogP contribution in [0, 0.1) is 0 Å². The molecule has 0 aliphatic rings. The van der Waals surface area contributed by atoms with Crippen molar-refractivity contribution < 1.29 is 4.79 Å². The van der Waals surface area contributed by atoms with Gasteiger partial charge in [0.2, 0.25) is 5.91 Å². The smallest absolute Gasteiger partial charge is 0.230 e. The van der Waals surface area contributed by atoms with Crippen LogP contribution in [0.25, 0.3) is 0 Å². The third kappa shape index (κ3) is 6.53. The summed E-state index contributed by atoms with van der Waals surface area (Å²) in [5.74, 6) is 1.28. The van der Waals surface area contributed by atoms with Crippen molar-refractivity contribution in [3.8, 4) is 0 Å². The molecule has 0 aromatic heterocycles. The summed E-state index contributed by atoms with van der Waals surface area (Å²) >= 11 is 14.8. The fraction of sp³-hybridized carbons (Fsp3) is 0.188. The number of benzene rings is 2. The van der Waals surface area contributed by atoms with E-state index >= 15 is 0 Å². The largest absolute Gasteiger partial charge is 0.355 e. The normalized spacial score (nSPS) is 10.5. The molecule has 22 heavy (non-hydrogen) atoms. The molecule has 6 heteroatoms. The second-order valence-corrected chi connectivity index (χ2v) is 7.48. The lowest BCUT2D eigenvalue weighted by atomic mass is 10.4. The quantitative estimate of drug-likeness (QED) is 0.548. The lowest BCUT2D eigenvalue weighted by molar-refractivity contribution is -0.118. The molecule has 2 aromatic rings. The molecule has 1 N–H and O–H groups in total. The highest BCUT2D eigenvalue weighted by Crippen LogP contribution is 2.21. The fourth-order valence-electron chi connectivity index (χ4n) is 1.62. The molecule has 2 nitrogen and oxygen atoms in total. The zero-order valence-electron chi connectivity index (χ0n) is 11.7. The molecular weight excluding hydrogens is 357 g/mol. The summed E-state index contributed by atoms with van der Waals surface area (Å²) in [6.07, 6.45) is 0. The van der Waals surface area contributed by atoms with Gasteiger partial charge < -0.3 is 5.32 Å². The lowest BCUT2D eigenvalue weighted by Crippen LogP contribution is -2.27. The number of hydrogen-bond acceptors (Lipinski definition) is 3. The van der Waals surface area contributed by atoms with Crippen molar-refractivity contribution in [1.29, 1.82) is 0 Å². The average molecular weight is 372 g/mol. The highest BCUT2D eigenvalue weighted by Gasteiger charge is 2.03. The fourth-order valence-corrected chi connectivity index (χ4v) is 3.37. The van der Waals surface area contributed by atoms with Crippen LogP contribution in [0.3, 0.4) is 0 Å². The highest BCUT2D eigenvalue weighted by atomic mass is 35.5. The molecular formula is C16H15Cl2NOS2. The maximum atomic E-state index is 11.8. The Morgan fingerprint density at radius 2 is 1.36 bits per heavy atom. The molecule has 0 bridgehead atoms. The van der Waals surface area contributed by atoms with E-state index < -0.39 is 0 Å². The van der Waals surface area contributed by atoms with Crippen molar-refractivity contribution in [1.82, 2.24) is 5.32 Å². The Balaban J connectivity index is 1.61. The van der Waals surface area contributed by atoms with Crippen molar-refractivity contribution in [2.45, 2.75) is 9.79 Å². The van der Waals surface area contributed by atoms with Crippen LogP contribution in [-0.4, -0.2) is 24.0 Å². The number of amides is 1. The van der Waals surface area contributed by atoms with E-state index in [0.29, 0.717) is 17.3 Å². The Morgan fingerprint density at radius 3 is 1.91 bits per heavy atom. The zero-order valence-corrected chi connectivity index (χ0v) is 14.9. The molecule has 0 heterocycles. The summed E-state index contributed by atoms with van der Waals surface area (Å²) < 4.78 is 0. The van der Waals surface area contributed by atoms with Crippen LogP contribution < -0.4 is 5.32 Å². The number of halogens is 2. The van der Waals surface area contributed by atoms with Gasteiger partial charge in [0, 0.05) is 32.1 Å². The first-order valence-electron chi connectivity index (χ1n) is 6.67. The van der Waals surface area contributed by atoms with Crippen molar-refractivity contribution >= 4 is 52.6 Å². The molecule has 0 atom stereocenters. The minimum atomic E-state index is 0.0386. The van der Waals surface area contributed by atoms with Gasteiger partial charge in [0.05, 0.1) is 5.75 Å². The van der Waals surface area contributed by atoms with Crippen molar-refractivity contribution in [2.24, 2.45) is 0 Å². The minimum absolute atomic E-state index is 0.0386. The van der Waals surface area contributed by atoms with E-state index in [0.717, 1.165) is 20.6 Å². The van der Waals surface area contributed by atoms with Gasteiger partial charge in [-0.05, 0) is 48.5 Å². The molecule has 2 rings (SSSR count). The van der Waals surface area contributed by atoms with Gasteiger partial charge in [-0.25, -0.2) is 0 Å². The number of carbonyl (C=O) groups excluding carboxylic acids is 1. The molecule has 2 aromatic carbocycles. The van der Waals surface area contributed by atoms with E-state index in [4.69, 9.17) is 23.2 Å². The van der Waals surface area contributed by atoms with Crippen LogP contribution in [0.4, 0.5) is 0 Å². The Bertz CT molecular complexity index is 603. The van der Waals surface area contributed by atoms with E-state index in [1.807, 2.05) is 48.5 Å². The maximum absolute atomic E-state index is 11.8. The predicted molar refractivity (Wildman–Crippen MR) is 97.4 cm³/mol. The monoisotopic (exact) mass is 371 g/mol. The Kier molecular flexibility index (Phi) is 7.46. The standard InChI is InChI=1S/C16H15Cl2NOS2/c17-12-1-5-14(6-2-12)21-10-9-19-16(20)11-22-15-7-3-13(18)4-8-15/h1-8H,9-11H2,(H,19,20). The van der Waals surface area contributed by atoms with Gasteiger partial charge in [0.15, 0.2) is 0 Å². The van der Waals surface area contributed by atoms with Gasteiger partial charge in [0.25, 0.3) is 0 Å². The van der Waals surface area contributed by atoms with E-state index in [2.05, 4.69) is 5.32 Å². The molecule has 116 valence electrons. The lowest BCUT2D eigenvalue weighted by Gasteiger charge is -2.05. The SMILES string of the molecule is O=C(CSc1ccc(Cl)cc1)NCCSc1ccc(Cl)cc1. The number of thioether (sulfide) groups is 2. The predicted octanol–water partition coefficient (Wildman–Crippen LogP) is 4.99. The summed E-state index contributed by atoms with van der Waals surface area (Å²) in [6, 6.07) is 15.2. The van der Waals surface area contributed by atoms with Crippen LogP contribution >= 0.6 is 46.7 Å². The maximum Gasteiger partial charge on any atom is 0.230 e. The third-order valence-corrected chi connectivity index (χ3v) is 5.22. The van der Waals surface area contributed by atoms with Crippen LogP contribution in [0.1, 0.15) is 0 Å². The summed E-state index contributed by atoms with van der Waals surface area (Å²) in [6.45, 7) is 0.646. The molecule has 0 aliphatic carbocycles. The van der Waals surface area contributed by atoms with Gasteiger partial charge in [-0.15, -0.1) is 23.5 Å². The van der Waals surface area contributed by atoms with Crippen LogP contribution in [-0.2, 0) is 4.79 Å². The number of hydrogen-bond donors (Lipinski definition) is 1. The summed E-state index contributed by atoms with van der Waals surface area (Å²) in [5, 5.41) is 4.35. The van der Waals surface area contributed by atoms with Crippen LogP contribution in [0.15, 0.2) is 58.3 Å². The first kappa shape index (κ1) is 17.5. The molecule has 0 spiro atoms. The molecule has 0 radical (unpaired) electrons. The Morgan fingerprint density at radius 1 is 0.864 bits per heavy atom. The third-order valence-electron chi connectivity index (χ3n) is 2.69. The number of nitrogens with one attached hydrogen (secondary N) is 1. The molecule has 1 amide bonds. The van der Waals surface area contributed by atoms with Gasteiger partial charge in [0.1, 0.15) is 0 Å². The van der Waals surface area contributed by atoms with E-state index in [-0.39, 0.29) is 5.91 Å². The highest BCUT2D eigenvalue weighted by molar-refractivity contribution is 8.00. The molecule has 0 saturated heterocycles. The van der Waals surface area contributed by atoms with E-state index in [9.17, 15) is 4.79 Å². The summed E-state index contributed by atoms with van der Waals surface area (Å²) in [4.78, 5) is 13.9. The number of carbonyl (C=O) groups is 1. The second-order valence-electron chi connectivity index (χ2n) is 4.39. The topological polar surface area (TPSA) is 29.1 Å². The van der Waals surface area contributed by atoms with E-state index in [1.165, 1.54) is 11.8 Å². The summed E-state index contributed by atoms with van der Waals surface area (Å²) in [5.41, 5.74) is 0. The molecule has 0 fully saturated rings. The Hall–Kier alpha value is -0.810. The van der Waals surface area contributed by atoms with Gasteiger partial charge in [-0.2, -0.15) is 0 Å². The molecule has 0 unspecified atom stereocenters. The molecule has 0 aliphatic heterocycles. The Labute approximate surface area is 149 Å². The zero-order chi connectivity index (χ0) is 15.8.